The van der Waals surface area contributed by atoms with E-state index in [4.69, 9.17) is 9.84 Å². The molecule has 0 fully saturated rings. The molecule has 0 bridgehead atoms. The van der Waals surface area contributed by atoms with Gasteiger partial charge in [-0.05, 0) is 24.0 Å². The number of aromatic carboxylic acids is 1. The number of rotatable bonds is 4. The molecule has 0 aliphatic rings. The van der Waals surface area contributed by atoms with Gasteiger partial charge in [-0.2, -0.15) is 0 Å². The average molecular weight is 223 g/mol. The van der Waals surface area contributed by atoms with Crippen LogP contribution in [0, 0.1) is 5.41 Å². The molecule has 0 atom stereocenters. The smallest absolute Gasteiger partial charge is 0.354 e. The highest BCUT2D eigenvalue weighted by Crippen LogP contribution is 2.19. The molecule has 1 N–H and O–H groups in total. The van der Waals surface area contributed by atoms with Gasteiger partial charge >= 0.3 is 5.97 Å². The molecule has 0 aliphatic carbocycles. The molecule has 0 aliphatic heterocycles. The third kappa shape index (κ3) is 4.29. The van der Waals surface area contributed by atoms with Crippen LogP contribution in [0.25, 0.3) is 0 Å². The Kier molecular flexibility index (Phi) is 3.88. The summed E-state index contributed by atoms with van der Waals surface area (Å²) in [7, 11) is 0. The van der Waals surface area contributed by atoms with Crippen LogP contribution in [-0.4, -0.2) is 22.7 Å². The van der Waals surface area contributed by atoms with Gasteiger partial charge in [-0.25, -0.2) is 9.78 Å². The lowest BCUT2D eigenvalue weighted by atomic mass is 9.93. The first-order chi connectivity index (χ1) is 7.38. The number of hydrogen-bond donors (Lipinski definition) is 1. The van der Waals surface area contributed by atoms with Crippen molar-refractivity contribution in [1.82, 2.24) is 4.98 Å². The Bertz CT molecular complexity index is 352. The summed E-state index contributed by atoms with van der Waals surface area (Å²) in [5.41, 5.74) is 0.261. The van der Waals surface area contributed by atoms with E-state index in [-0.39, 0.29) is 11.1 Å². The molecule has 16 heavy (non-hydrogen) atoms. The van der Waals surface area contributed by atoms with E-state index in [2.05, 4.69) is 25.8 Å². The largest absolute Gasteiger partial charge is 0.492 e. The summed E-state index contributed by atoms with van der Waals surface area (Å²) in [5.74, 6) is -0.421. The van der Waals surface area contributed by atoms with E-state index in [1.54, 1.807) is 6.07 Å². The molecule has 88 valence electrons. The first-order valence-corrected chi connectivity index (χ1v) is 5.21. The van der Waals surface area contributed by atoms with Crippen molar-refractivity contribution in [2.45, 2.75) is 27.2 Å². The number of pyridine rings is 1. The second-order valence-electron chi connectivity index (χ2n) is 4.84. The van der Waals surface area contributed by atoms with Gasteiger partial charge < -0.3 is 9.84 Å². The first kappa shape index (κ1) is 12.5. The molecule has 1 aromatic heterocycles. The average Bonchev–Trinajstić information content (AvgIpc) is 2.16. The van der Waals surface area contributed by atoms with Crippen molar-refractivity contribution in [2.24, 2.45) is 5.41 Å². The Morgan fingerprint density at radius 2 is 2.12 bits per heavy atom. The predicted octanol–water partition coefficient (Wildman–Crippen LogP) is 2.59. The summed E-state index contributed by atoms with van der Waals surface area (Å²) in [6, 6.07) is 3.06. The van der Waals surface area contributed by atoms with Crippen molar-refractivity contribution in [2.75, 3.05) is 6.61 Å². The monoisotopic (exact) mass is 223 g/mol. The lowest BCUT2D eigenvalue weighted by Gasteiger charge is -2.17. The van der Waals surface area contributed by atoms with Crippen LogP contribution in [0.1, 0.15) is 37.7 Å². The Morgan fingerprint density at radius 1 is 1.44 bits per heavy atom. The Morgan fingerprint density at radius 3 is 2.56 bits per heavy atom. The van der Waals surface area contributed by atoms with Crippen molar-refractivity contribution in [3.8, 4) is 5.75 Å². The quantitative estimate of drug-likeness (QED) is 0.852. The number of nitrogens with zero attached hydrogens (tertiary/aromatic N) is 1. The molecule has 4 nitrogen and oxygen atoms in total. The minimum Gasteiger partial charge on any atom is -0.492 e. The molecule has 4 heteroatoms. The van der Waals surface area contributed by atoms with Gasteiger partial charge in [0, 0.05) is 0 Å². The lowest BCUT2D eigenvalue weighted by molar-refractivity contribution is 0.0690. The van der Waals surface area contributed by atoms with Crippen LogP contribution >= 0.6 is 0 Å². The molecule has 0 radical (unpaired) electrons. The number of carboxylic acid groups (broad SMARTS) is 1. The predicted molar refractivity (Wildman–Crippen MR) is 60.8 cm³/mol. The maximum Gasteiger partial charge on any atom is 0.354 e. The van der Waals surface area contributed by atoms with Gasteiger partial charge in [0.2, 0.25) is 0 Å². The van der Waals surface area contributed by atoms with Crippen molar-refractivity contribution >= 4 is 5.97 Å². The van der Waals surface area contributed by atoms with Crippen molar-refractivity contribution in [3.63, 3.8) is 0 Å². The normalized spacial score (nSPS) is 11.2. The van der Waals surface area contributed by atoms with Gasteiger partial charge in [-0.3, -0.25) is 0 Å². The number of carboxylic acids is 1. The van der Waals surface area contributed by atoms with Gasteiger partial charge in [0.05, 0.1) is 12.8 Å². The summed E-state index contributed by atoms with van der Waals surface area (Å²) in [5, 5.41) is 8.66. The highest BCUT2D eigenvalue weighted by molar-refractivity contribution is 5.85. The summed E-state index contributed by atoms with van der Waals surface area (Å²) in [6.45, 7) is 7.03. The zero-order chi connectivity index (χ0) is 12.2. The van der Waals surface area contributed by atoms with Gasteiger partial charge in [-0.1, -0.05) is 20.8 Å². The van der Waals surface area contributed by atoms with Crippen LogP contribution < -0.4 is 4.74 Å². The fraction of sp³-hybridized carbons (Fsp3) is 0.500. The van der Waals surface area contributed by atoms with E-state index in [0.29, 0.717) is 12.4 Å². The number of hydrogen-bond acceptors (Lipinski definition) is 3. The van der Waals surface area contributed by atoms with Crippen molar-refractivity contribution < 1.29 is 14.6 Å². The molecule has 1 heterocycles. The highest BCUT2D eigenvalue weighted by atomic mass is 16.5. The van der Waals surface area contributed by atoms with E-state index in [1.807, 2.05) is 0 Å². The van der Waals surface area contributed by atoms with Crippen LogP contribution in [0.3, 0.4) is 0 Å². The molecular weight excluding hydrogens is 206 g/mol. The Labute approximate surface area is 95.3 Å². The SMILES string of the molecule is CC(C)(C)CCOc1ccc(C(=O)O)nc1. The van der Waals surface area contributed by atoms with Crippen LogP contribution in [0.2, 0.25) is 0 Å². The van der Waals surface area contributed by atoms with Crippen LogP contribution in [0.15, 0.2) is 18.3 Å². The fourth-order valence-electron chi connectivity index (χ4n) is 1.07. The number of carbonyl (C=O) groups is 1. The second kappa shape index (κ2) is 4.96. The lowest BCUT2D eigenvalue weighted by Crippen LogP contribution is -2.11. The standard InChI is InChI=1S/C12H17NO3/c1-12(2,3)6-7-16-9-4-5-10(11(14)15)13-8-9/h4-5,8H,6-7H2,1-3H3,(H,14,15). The van der Waals surface area contributed by atoms with Gasteiger partial charge in [0.15, 0.2) is 0 Å². The van der Waals surface area contributed by atoms with Gasteiger partial charge in [0.1, 0.15) is 11.4 Å². The third-order valence-corrected chi connectivity index (χ3v) is 2.08. The minimum absolute atomic E-state index is 0.0307. The number of ether oxygens (including phenoxy) is 1. The van der Waals surface area contributed by atoms with Crippen molar-refractivity contribution in [1.29, 1.82) is 0 Å². The van der Waals surface area contributed by atoms with E-state index in [9.17, 15) is 4.79 Å². The fourth-order valence-corrected chi connectivity index (χ4v) is 1.07. The molecule has 0 amide bonds. The molecular formula is C12H17NO3. The topological polar surface area (TPSA) is 59.4 Å². The first-order valence-electron chi connectivity index (χ1n) is 5.21. The summed E-state index contributed by atoms with van der Waals surface area (Å²) in [6.07, 6.45) is 2.37. The summed E-state index contributed by atoms with van der Waals surface area (Å²) >= 11 is 0. The highest BCUT2D eigenvalue weighted by Gasteiger charge is 2.10. The van der Waals surface area contributed by atoms with Crippen LogP contribution in [0.4, 0.5) is 0 Å². The van der Waals surface area contributed by atoms with Crippen LogP contribution in [-0.2, 0) is 0 Å². The van der Waals surface area contributed by atoms with Crippen LogP contribution in [0.5, 0.6) is 5.75 Å². The zero-order valence-corrected chi connectivity index (χ0v) is 9.86. The van der Waals surface area contributed by atoms with E-state index >= 15 is 0 Å². The Balaban J connectivity index is 2.47. The summed E-state index contributed by atoms with van der Waals surface area (Å²) < 4.78 is 5.46. The molecule has 0 saturated heterocycles. The molecule has 1 aromatic rings. The molecule has 0 unspecified atom stereocenters. The van der Waals surface area contributed by atoms with Gasteiger partial charge in [-0.15, -0.1) is 0 Å². The zero-order valence-electron chi connectivity index (χ0n) is 9.86. The molecule has 0 aromatic carbocycles. The van der Waals surface area contributed by atoms with E-state index < -0.39 is 5.97 Å². The Hall–Kier alpha value is -1.58. The molecule has 1 rings (SSSR count). The second-order valence-corrected chi connectivity index (χ2v) is 4.84. The minimum atomic E-state index is -1.03. The maximum atomic E-state index is 10.6. The molecule has 0 spiro atoms. The molecule has 0 saturated carbocycles. The van der Waals surface area contributed by atoms with Gasteiger partial charge in [0.25, 0.3) is 0 Å². The van der Waals surface area contributed by atoms with E-state index in [1.165, 1.54) is 12.3 Å². The van der Waals surface area contributed by atoms with E-state index in [0.717, 1.165) is 6.42 Å². The maximum absolute atomic E-state index is 10.6. The summed E-state index contributed by atoms with van der Waals surface area (Å²) in [4.78, 5) is 14.3. The van der Waals surface area contributed by atoms with Crippen molar-refractivity contribution in [3.05, 3.63) is 24.0 Å². The third-order valence-electron chi connectivity index (χ3n) is 2.08. The number of aromatic nitrogens is 1.